The van der Waals surface area contributed by atoms with Crippen LogP contribution in [0.4, 0.5) is 0 Å². The number of aromatic nitrogens is 2. The molecule has 0 aliphatic carbocycles. The topological polar surface area (TPSA) is 55.0 Å². The molecule has 0 fully saturated rings. The van der Waals surface area contributed by atoms with Gasteiger partial charge in [-0.3, -0.25) is 0 Å². The number of nitrogens with one attached hydrogen (secondary N) is 1. The normalized spacial score (nSPS) is 10.3. The molecule has 4 heteroatoms. The summed E-state index contributed by atoms with van der Waals surface area (Å²) in [5.74, 6) is 0.247. The van der Waals surface area contributed by atoms with Crippen LogP contribution in [0.5, 0.6) is 0 Å². The molecule has 0 saturated carbocycles. The van der Waals surface area contributed by atoms with E-state index in [-0.39, 0.29) is 5.97 Å². The Morgan fingerprint density at radius 2 is 2.64 bits per heavy atom. The van der Waals surface area contributed by atoms with Gasteiger partial charge >= 0.3 is 5.97 Å². The van der Waals surface area contributed by atoms with Gasteiger partial charge in [0.15, 0.2) is 0 Å². The van der Waals surface area contributed by atoms with Gasteiger partial charge in [0.25, 0.3) is 0 Å². The molecule has 4 nitrogen and oxygen atoms in total. The van der Waals surface area contributed by atoms with Gasteiger partial charge in [0.2, 0.25) is 0 Å². The molecule has 1 aromatic heterocycles. The van der Waals surface area contributed by atoms with Crippen LogP contribution >= 0.6 is 0 Å². The standard InChI is InChI=1S/C7H8N2O2/c1-11-7(10)3-2-6-8-4-5-9-6/h2-5H,1H3,(H,8,9). The van der Waals surface area contributed by atoms with E-state index in [9.17, 15) is 4.79 Å². The average molecular weight is 152 g/mol. The first-order chi connectivity index (χ1) is 5.33. The predicted octanol–water partition coefficient (Wildman–Crippen LogP) is 0.596. The second kappa shape index (κ2) is 3.55. The minimum Gasteiger partial charge on any atom is -0.466 e. The van der Waals surface area contributed by atoms with Crippen molar-refractivity contribution >= 4 is 12.0 Å². The van der Waals surface area contributed by atoms with Gasteiger partial charge < -0.3 is 9.72 Å². The first-order valence-electron chi connectivity index (χ1n) is 3.08. The summed E-state index contributed by atoms with van der Waals surface area (Å²) < 4.78 is 4.38. The number of aromatic amines is 1. The molecule has 0 aliphatic rings. The maximum atomic E-state index is 10.6. The largest absolute Gasteiger partial charge is 0.466 e. The molecule has 1 N–H and O–H groups in total. The van der Waals surface area contributed by atoms with Crippen LogP contribution in [0.2, 0.25) is 0 Å². The van der Waals surface area contributed by atoms with Crippen molar-refractivity contribution in [2.24, 2.45) is 0 Å². The van der Waals surface area contributed by atoms with Gasteiger partial charge in [-0.05, 0) is 6.08 Å². The third-order valence-corrected chi connectivity index (χ3v) is 1.10. The summed E-state index contributed by atoms with van der Waals surface area (Å²) in [4.78, 5) is 17.2. The van der Waals surface area contributed by atoms with E-state index in [2.05, 4.69) is 14.7 Å². The van der Waals surface area contributed by atoms with Crippen molar-refractivity contribution in [3.8, 4) is 0 Å². The van der Waals surface area contributed by atoms with Crippen LogP contribution in [0.25, 0.3) is 6.08 Å². The number of imidazole rings is 1. The Hall–Kier alpha value is -1.58. The summed E-state index contributed by atoms with van der Waals surface area (Å²) in [5, 5.41) is 0. The molecule has 0 unspecified atom stereocenters. The zero-order valence-electron chi connectivity index (χ0n) is 6.07. The summed E-state index contributed by atoms with van der Waals surface area (Å²) in [7, 11) is 1.33. The molecular formula is C7H8N2O2. The van der Waals surface area contributed by atoms with Crippen LogP contribution in [0.1, 0.15) is 5.82 Å². The molecule has 0 atom stereocenters. The van der Waals surface area contributed by atoms with Crippen LogP contribution in [0, 0.1) is 0 Å². The highest BCUT2D eigenvalue weighted by Gasteiger charge is 1.91. The monoisotopic (exact) mass is 152 g/mol. The van der Waals surface area contributed by atoms with E-state index in [1.807, 2.05) is 0 Å². The predicted molar refractivity (Wildman–Crippen MR) is 39.6 cm³/mol. The van der Waals surface area contributed by atoms with E-state index in [1.165, 1.54) is 13.2 Å². The second-order valence-electron chi connectivity index (χ2n) is 1.83. The molecule has 0 bridgehead atoms. The smallest absolute Gasteiger partial charge is 0.330 e. The van der Waals surface area contributed by atoms with Crippen LogP contribution in [0.3, 0.4) is 0 Å². The summed E-state index contributed by atoms with van der Waals surface area (Å²) in [6, 6.07) is 0. The molecule has 0 radical (unpaired) electrons. The Morgan fingerprint density at radius 1 is 1.82 bits per heavy atom. The van der Waals surface area contributed by atoms with Gasteiger partial charge in [-0.15, -0.1) is 0 Å². The van der Waals surface area contributed by atoms with Crippen molar-refractivity contribution in [3.05, 3.63) is 24.3 Å². The average Bonchev–Trinajstić information content (AvgIpc) is 2.52. The Kier molecular flexibility index (Phi) is 2.43. The van der Waals surface area contributed by atoms with E-state index in [4.69, 9.17) is 0 Å². The highest BCUT2D eigenvalue weighted by Crippen LogP contribution is 1.91. The first-order valence-corrected chi connectivity index (χ1v) is 3.08. The number of hydrogen-bond donors (Lipinski definition) is 1. The summed E-state index contributed by atoms with van der Waals surface area (Å²) in [5.41, 5.74) is 0. The first kappa shape index (κ1) is 7.53. The molecule has 0 aliphatic heterocycles. The SMILES string of the molecule is COC(=O)C=Cc1ncc[nH]1. The molecule has 0 saturated heterocycles. The van der Waals surface area contributed by atoms with Gasteiger partial charge in [-0.1, -0.05) is 0 Å². The van der Waals surface area contributed by atoms with E-state index in [0.29, 0.717) is 5.82 Å². The number of hydrogen-bond acceptors (Lipinski definition) is 3. The van der Waals surface area contributed by atoms with Gasteiger partial charge in [0.1, 0.15) is 5.82 Å². The summed E-state index contributed by atoms with van der Waals surface area (Å²) in [6.07, 6.45) is 6.14. The Balaban J connectivity index is 2.55. The Labute approximate surface area is 63.9 Å². The van der Waals surface area contributed by atoms with E-state index >= 15 is 0 Å². The van der Waals surface area contributed by atoms with Crippen molar-refractivity contribution < 1.29 is 9.53 Å². The number of ether oxygens (including phenoxy) is 1. The fourth-order valence-corrected chi connectivity index (χ4v) is 0.584. The molecule has 1 heterocycles. The van der Waals surface area contributed by atoms with Gasteiger partial charge in [0, 0.05) is 18.5 Å². The lowest BCUT2D eigenvalue weighted by Gasteiger charge is -1.87. The van der Waals surface area contributed by atoms with E-state index in [0.717, 1.165) is 0 Å². The highest BCUT2D eigenvalue weighted by molar-refractivity contribution is 5.86. The zero-order valence-corrected chi connectivity index (χ0v) is 6.07. The lowest BCUT2D eigenvalue weighted by molar-refractivity contribution is -0.134. The number of H-pyrrole nitrogens is 1. The molecule has 0 amide bonds. The number of esters is 1. The van der Waals surface area contributed by atoms with Gasteiger partial charge in [-0.2, -0.15) is 0 Å². The highest BCUT2D eigenvalue weighted by atomic mass is 16.5. The number of rotatable bonds is 2. The minimum absolute atomic E-state index is 0.388. The van der Waals surface area contributed by atoms with Crippen molar-refractivity contribution in [2.45, 2.75) is 0 Å². The number of methoxy groups -OCH3 is 1. The lowest BCUT2D eigenvalue weighted by atomic mass is 10.5. The fourth-order valence-electron chi connectivity index (χ4n) is 0.584. The maximum Gasteiger partial charge on any atom is 0.330 e. The van der Waals surface area contributed by atoms with Gasteiger partial charge in [-0.25, -0.2) is 9.78 Å². The van der Waals surface area contributed by atoms with Crippen molar-refractivity contribution in [2.75, 3.05) is 7.11 Å². The summed E-state index contributed by atoms with van der Waals surface area (Å²) >= 11 is 0. The molecule has 11 heavy (non-hydrogen) atoms. The molecule has 1 rings (SSSR count). The summed E-state index contributed by atoms with van der Waals surface area (Å²) in [6.45, 7) is 0. The second-order valence-corrected chi connectivity index (χ2v) is 1.83. The van der Waals surface area contributed by atoms with Crippen LogP contribution in [0.15, 0.2) is 18.5 Å². The number of carbonyl (C=O) groups is 1. The Morgan fingerprint density at radius 3 is 3.18 bits per heavy atom. The quantitative estimate of drug-likeness (QED) is 0.498. The molecule has 0 aromatic carbocycles. The van der Waals surface area contributed by atoms with Crippen LogP contribution in [-0.2, 0) is 9.53 Å². The molecular weight excluding hydrogens is 144 g/mol. The third kappa shape index (κ3) is 2.25. The van der Waals surface area contributed by atoms with Crippen LogP contribution in [-0.4, -0.2) is 23.0 Å². The number of nitrogens with zero attached hydrogens (tertiary/aromatic N) is 1. The number of carbonyl (C=O) groups excluding carboxylic acids is 1. The maximum absolute atomic E-state index is 10.6. The molecule has 1 aromatic rings. The fraction of sp³-hybridized carbons (Fsp3) is 0.143. The van der Waals surface area contributed by atoms with Crippen molar-refractivity contribution in [3.63, 3.8) is 0 Å². The van der Waals surface area contributed by atoms with Crippen molar-refractivity contribution in [1.82, 2.24) is 9.97 Å². The third-order valence-electron chi connectivity index (χ3n) is 1.10. The van der Waals surface area contributed by atoms with E-state index < -0.39 is 0 Å². The Bertz CT molecular complexity index is 251. The zero-order chi connectivity index (χ0) is 8.10. The van der Waals surface area contributed by atoms with Gasteiger partial charge in [0.05, 0.1) is 7.11 Å². The lowest BCUT2D eigenvalue weighted by Crippen LogP contribution is -1.93. The molecule has 0 spiro atoms. The van der Waals surface area contributed by atoms with E-state index in [1.54, 1.807) is 18.5 Å². The van der Waals surface area contributed by atoms with Crippen LogP contribution < -0.4 is 0 Å². The minimum atomic E-state index is -0.388. The van der Waals surface area contributed by atoms with Crippen molar-refractivity contribution in [1.29, 1.82) is 0 Å². The molecule has 58 valence electrons.